The Morgan fingerprint density at radius 2 is 1.24 bits per heavy atom. The monoisotopic (exact) mass is 883 g/mol. The summed E-state index contributed by atoms with van der Waals surface area (Å²) in [6, 6.07) is 26.2. The van der Waals surface area contributed by atoms with Crippen LogP contribution in [0.3, 0.4) is 0 Å². The molecule has 286 valence electrons. The average Bonchev–Trinajstić information content (AvgIpc) is 3.70. The SMILES string of the molecule is CC(C)(C)c1cc([Si](C)(C)C)c2c(c1)=[C-]C1=C(C3=CC=CC3)C(C(C)(C)C)([Si](C)(C)C)C([Si](C)(C)C)=CC=21.[Cl-].[Cl-].[Zr+2]=[C](c1ccccc1)c1ccccc1. The number of hydrogen-bond donors (Lipinski definition) is 0. The predicted molar refractivity (Wildman–Crippen MR) is 236 cm³/mol. The third-order valence-electron chi connectivity index (χ3n) is 11.2. The van der Waals surface area contributed by atoms with E-state index in [0.29, 0.717) is 0 Å². The van der Waals surface area contributed by atoms with Gasteiger partial charge in [0.05, 0.1) is 24.2 Å². The Labute approximate surface area is 359 Å². The van der Waals surface area contributed by atoms with Crippen molar-refractivity contribution in [3.05, 3.63) is 146 Å². The summed E-state index contributed by atoms with van der Waals surface area (Å²) in [5.74, 6) is 0. The van der Waals surface area contributed by atoms with Gasteiger partial charge < -0.3 is 24.8 Å². The number of halogens is 2. The van der Waals surface area contributed by atoms with Gasteiger partial charge in [0, 0.05) is 0 Å². The van der Waals surface area contributed by atoms with Crippen molar-refractivity contribution < 1.29 is 49.0 Å². The van der Waals surface area contributed by atoms with E-state index in [2.05, 4.69) is 204 Å². The van der Waals surface area contributed by atoms with Gasteiger partial charge in [0.2, 0.25) is 0 Å². The summed E-state index contributed by atoms with van der Waals surface area (Å²) in [6.07, 6.45) is 15.0. The van der Waals surface area contributed by atoms with Crippen LogP contribution in [0, 0.1) is 5.41 Å². The van der Waals surface area contributed by atoms with Crippen LogP contribution in [0.25, 0.3) is 11.6 Å². The molecule has 0 aromatic heterocycles. The molecular weight excluding hydrogens is 823 g/mol. The van der Waals surface area contributed by atoms with E-state index in [4.69, 9.17) is 0 Å². The van der Waals surface area contributed by atoms with E-state index in [1.807, 2.05) is 0 Å². The summed E-state index contributed by atoms with van der Waals surface area (Å²) >= 11 is 1.46. The van der Waals surface area contributed by atoms with Crippen molar-refractivity contribution in [2.75, 3.05) is 0 Å². The van der Waals surface area contributed by atoms with E-state index in [-0.39, 0.29) is 40.7 Å². The third kappa shape index (κ3) is 8.90. The molecular formula is C48H63Cl2Si3Zr-. The van der Waals surface area contributed by atoms with E-state index in [9.17, 15) is 0 Å². The van der Waals surface area contributed by atoms with Gasteiger partial charge in [0.25, 0.3) is 0 Å². The van der Waals surface area contributed by atoms with Crippen molar-refractivity contribution >= 4 is 44.3 Å². The summed E-state index contributed by atoms with van der Waals surface area (Å²) in [5, 5.41) is 6.29. The Balaban J connectivity index is 0.000000411. The molecule has 0 heterocycles. The summed E-state index contributed by atoms with van der Waals surface area (Å²) in [4.78, 5) is 0. The summed E-state index contributed by atoms with van der Waals surface area (Å²) in [6.45, 7) is 37.9. The van der Waals surface area contributed by atoms with Crippen LogP contribution in [0.15, 0.2) is 119 Å². The summed E-state index contributed by atoms with van der Waals surface area (Å²) in [5.41, 5.74) is 10.4. The molecule has 3 aliphatic carbocycles. The number of rotatable bonds is 6. The zero-order valence-corrected chi connectivity index (χ0v) is 42.7. The molecule has 6 rings (SSSR count). The van der Waals surface area contributed by atoms with Gasteiger partial charge in [-0.1, -0.05) is 158 Å². The van der Waals surface area contributed by atoms with Gasteiger partial charge in [-0.25, -0.2) is 0 Å². The van der Waals surface area contributed by atoms with Gasteiger partial charge in [0.15, 0.2) is 0 Å². The first-order chi connectivity index (χ1) is 23.9. The molecule has 0 aliphatic heterocycles. The zero-order chi connectivity index (χ0) is 38.7. The van der Waals surface area contributed by atoms with Crippen molar-refractivity contribution in [1.29, 1.82) is 0 Å². The first kappa shape index (κ1) is 46.7. The normalized spacial score (nSPS) is 18.3. The molecule has 1 unspecified atom stereocenters. The second-order valence-electron chi connectivity index (χ2n) is 20.2. The van der Waals surface area contributed by atoms with Gasteiger partial charge in [-0.3, -0.25) is 0 Å². The van der Waals surface area contributed by atoms with Crippen molar-refractivity contribution in [2.45, 2.75) is 117 Å². The van der Waals surface area contributed by atoms with E-state index in [1.54, 1.807) is 16.0 Å². The minimum atomic E-state index is -1.80. The van der Waals surface area contributed by atoms with E-state index < -0.39 is 24.2 Å². The van der Waals surface area contributed by atoms with Gasteiger partial charge in [-0.2, -0.15) is 0 Å². The van der Waals surface area contributed by atoms with Crippen LogP contribution in [0.2, 0.25) is 64.0 Å². The Bertz CT molecular complexity index is 2060. The van der Waals surface area contributed by atoms with Gasteiger partial charge >= 0.3 is 99.2 Å². The van der Waals surface area contributed by atoms with E-state index in [0.717, 1.165) is 6.42 Å². The molecule has 0 radical (unpaired) electrons. The molecule has 1 atom stereocenters. The fraction of sp³-hybridized carbons (Fsp3) is 0.396. The van der Waals surface area contributed by atoms with Crippen molar-refractivity contribution in [2.24, 2.45) is 5.41 Å². The van der Waals surface area contributed by atoms with Crippen LogP contribution in [-0.4, -0.2) is 27.4 Å². The third-order valence-corrected chi connectivity index (χ3v) is 20.5. The van der Waals surface area contributed by atoms with Crippen LogP contribution in [-0.2, 0) is 29.7 Å². The average molecular weight is 886 g/mol. The van der Waals surface area contributed by atoms with Crippen molar-refractivity contribution in [3.8, 4) is 0 Å². The number of hydrogen-bond acceptors (Lipinski definition) is 0. The molecule has 54 heavy (non-hydrogen) atoms. The number of fused-ring (bicyclic) bond motifs is 2. The van der Waals surface area contributed by atoms with E-state index in [1.165, 1.54) is 71.3 Å². The molecule has 0 spiro atoms. The first-order valence-corrected chi connectivity index (χ1v) is 31.0. The van der Waals surface area contributed by atoms with Gasteiger partial charge in [0.1, 0.15) is 0 Å². The van der Waals surface area contributed by atoms with Gasteiger partial charge in [-0.15, -0.1) is 33.7 Å². The van der Waals surface area contributed by atoms with Crippen molar-refractivity contribution in [3.63, 3.8) is 0 Å². The Morgan fingerprint density at radius 1 is 0.722 bits per heavy atom. The molecule has 0 saturated carbocycles. The molecule has 0 N–H and O–H groups in total. The molecule has 0 fully saturated rings. The Morgan fingerprint density at radius 3 is 1.63 bits per heavy atom. The predicted octanol–water partition coefficient (Wildman–Crippen LogP) is 5.29. The topological polar surface area (TPSA) is 0 Å². The fourth-order valence-electron chi connectivity index (χ4n) is 9.17. The molecule has 3 aromatic rings. The molecule has 0 amide bonds. The molecule has 3 aromatic carbocycles. The summed E-state index contributed by atoms with van der Waals surface area (Å²) in [7, 11) is -5.14. The van der Waals surface area contributed by atoms with E-state index >= 15 is 0 Å². The molecule has 0 nitrogen and oxygen atoms in total. The second kappa shape index (κ2) is 16.7. The summed E-state index contributed by atoms with van der Waals surface area (Å²) < 4.78 is 1.42. The molecule has 0 saturated heterocycles. The standard InChI is InChI=1S/C35H53Si3.C13H10.2ClH.Zr/c1-33(2,3)26-20-25-21-28-27(31(25)29(22-26)36(7,8)9)23-30(37(10,11)12)35(34(4,5)6,38(13,14)15)32(28)24-18-16-17-19-24;1-3-7-12(8-4-1)11-13-9-5-2-6-10-13;;;/h16-18,20,22-23H,19H2,1-15H3;1-10H;2*1H;/q-1;;;;+2/p-2. The van der Waals surface area contributed by atoms with Crippen LogP contribution in [0.4, 0.5) is 0 Å². The van der Waals surface area contributed by atoms with Crippen LogP contribution in [0.1, 0.15) is 64.7 Å². The quantitative estimate of drug-likeness (QED) is 0.234. The zero-order valence-electron chi connectivity index (χ0n) is 35.7. The first-order valence-electron chi connectivity index (χ1n) is 19.3. The van der Waals surface area contributed by atoms with Crippen LogP contribution >= 0.6 is 0 Å². The minimum absolute atomic E-state index is 0. The van der Waals surface area contributed by atoms with Gasteiger partial charge in [-0.05, 0) is 22.3 Å². The molecule has 3 aliphatic rings. The maximum absolute atomic E-state index is 4.15. The molecule has 0 bridgehead atoms. The Hall–Kier alpha value is -1.66. The molecule has 6 heteroatoms. The number of allylic oxidation sites excluding steroid dienone is 8. The fourth-order valence-corrected chi connectivity index (χ4v) is 20.2. The Kier molecular flexibility index (Phi) is 14.4. The number of benzene rings is 3. The van der Waals surface area contributed by atoms with Crippen LogP contribution < -0.4 is 40.4 Å². The van der Waals surface area contributed by atoms with Crippen LogP contribution in [0.5, 0.6) is 0 Å². The second-order valence-corrected chi connectivity index (χ2v) is 36.8. The van der Waals surface area contributed by atoms with Crippen molar-refractivity contribution in [1.82, 2.24) is 0 Å². The maximum atomic E-state index is 4.15.